The maximum Gasteiger partial charge on any atom is 0.341 e. The molecule has 4 aromatic rings. The number of phenolic OH excluding ortho intramolecular Hbond substituents is 1. The molecule has 13 nitrogen and oxygen atoms in total. The van der Waals surface area contributed by atoms with Gasteiger partial charge in [0.25, 0.3) is 5.88 Å². The fourth-order valence-electron chi connectivity index (χ4n) is 4.12. The summed E-state index contributed by atoms with van der Waals surface area (Å²) in [5, 5.41) is 17.6. The second-order valence-corrected chi connectivity index (χ2v) is 10.8. The molecule has 2 aromatic carbocycles. The number of carbonyl (C=O) groups excluding carboxylic acids is 1. The number of rotatable bonds is 10. The van der Waals surface area contributed by atoms with Gasteiger partial charge in [-0.1, -0.05) is 0 Å². The number of likely N-dealkylation sites (N-methyl/N-ethyl adjacent to an activating group) is 1. The zero-order valence-electron chi connectivity index (χ0n) is 23.8. The van der Waals surface area contributed by atoms with Gasteiger partial charge in [-0.05, 0) is 43.3 Å². The van der Waals surface area contributed by atoms with Crippen molar-refractivity contribution in [2.24, 2.45) is 10.7 Å². The molecule has 0 amide bonds. The summed E-state index contributed by atoms with van der Waals surface area (Å²) < 4.78 is 60.0. The van der Waals surface area contributed by atoms with Crippen LogP contribution in [0.5, 0.6) is 28.9 Å². The topological polar surface area (TPSA) is 186 Å². The molecule has 232 valence electrons. The van der Waals surface area contributed by atoms with Gasteiger partial charge in [-0.15, -0.1) is 0 Å². The first-order valence-corrected chi connectivity index (χ1v) is 14.4. The molecule has 1 atom stereocenters. The number of benzene rings is 2. The van der Waals surface area contributed by atoms with E-state index in [2.05, 4.69) is 19.9 Å². The Labute approximate surface area is 257 Å². The monoisotopic (exact) mass is 637 g/mol. The average Bonchev–Trinajstić information content (AvgIpc) is 3.46. The number of amidine groups is 2. The molecule has 1 aliphatic rings. The molecule has 1 aliphatic heterocycles. The van der Waals surface area contributed by atoms with E-state index in [0.717, 1.165) is 0 Å². The summed E-state index contributed by atoms with van der Waals surface area (Å²) in [6.45, 7) is 2.82. The Kier molecular flexibility index (Phi) is 8.94. The quantitative estimate of drug-likeness (QED) is 0.0995. The third kappa shape index (κ3) is 6.54. The van der Waals surface area contributed by atoms with E-state index < -0.39 is 45.8 Å². The molecule has 0 saturated carbocycles. The van der Waals surface area contributed by atoms with E-state index in [9.17, 15) is 18.5 Å². The molecule has 1 unspecified atom stereocenters. The number of aliphatic imine (C=N–C) groups is 1. The van der Waals surface area contributed by atoms with E-state index in [0.29, 0.717) is 25.1 Å². The van der Waals surface area contributed by atoms with E-state index in [1.54, 1.807) is 18.9 Å². The van der Waals surface area contributed by atoms with Crippen molar-refractivity contribution in [3.05, 3.63) is 83.3 Å². The second-order valence-electron chi connectivity index (χ2n) is 9.38. The number of nitrogens with zero attached hydrogens (tertiary/aromatic N) is 5. The van der Waals surface area contributed by atoms with Crippen LogP contribution in [0.25, 0.3) is 0 Å². The molecule has 0 spiro atoms. The third-order valence-corrected chi connectivity index (χ3v) is 7.58. The zero-order chi connectivity index (χ0) is 32.2. The number of aromatic nitrogens is 3. The summed E-state index contributed by atoms with van der Waals surface area (Å²) in [4.78, 5) is 30.1. The van der Waals surface area contributed by atoms with Crippen molar-refractivity contribution in [1.82, 2.24) is 19.9 Å². The number of nitrogens with one attached hydrogen (secondary N) is 1. The number of nitrogens with two attached hydrogens (primary N) is 1. The smallest absolute Gasteiger partial charge is 0.341 e. The Bertz CT molecular complexity index is 1860. The number of carbonyl (C=O) groups is 1. The Morgan fingerprint density at radius 2 is 1.82 bits per heavy atom. The van der Waals surface area contributed by atoms with Gasteiger partial charge >= 0.3 is 5.97 Å². The number of hydrogen-bond donors (Lipinski definition) is 3. The van der Waals surface area contributed by atoms with Gasteiger partial charge in [0.05, 0.1) is 30.5 Å². The van der Waals surface area contributed by atoms with Crippen LogP contribution in [0.1, 0.15) is 28.4 Å². The molecule has 0 saturated heterocycles. The lowest BCUT2D eigenvalue weighted by Crippen LogP contribution is -2.24. The fourth-order valence-corrected chi connectivity index (χ4v) is 5.05. The first-order valence-electron chi connectivity index (χ1n) is 13.3. The Morgan fingerprint density at radius 3 is 2.49 bits per heavy atom. The largest absolute Gasteiger partial charge is 0.504 e. The third-order valence-electron chi connectivity index (χ3n) is 6.36. The first-order chi connectivity index (χ1) is 21.6. The maximum absolute atomic E-state index is 15.6. The molecule has 3 heterocycles. The van der Waals surface area contributed by atoms with Crippen molar-refractivity contribution in [2.45, 2.75) is 17.0 Å². The average molecular weight is 638 g/mol. The number of halogens is 2. The second kappa shape index (κ2) is 13.0. The molecule has 0 fully saturated rings. The van der Waals surface area contributed by atoms with Crippen LogP contribution in [0.2, 0.25) is 0 Å². The van der Waals surface area contributed by atoms with Crippen molar-refractivity contribution in [1.29, 1.82) is 5.41 Å². The van der Waals surface area contributed by atoms with Gasteiger partial charge < -0.3 is 30.0 Å². The fraction of sp³-hybridized carbons (Fsp3) is 0.172. The molecular weight excluding hydrogens is 612 g/mol. The molecule has 2 aromatic heterocycles. The van der Waals surface area contributed by atoms with Gasteiger partial charge in [0.15, 0.2) is 17.3 Å². The minimum absolute atomic E-state index is 0.0294. The van der Waals surface area contributed by atoms with E-state index in [4.69, 9.17) is 25.4 Å². The highest BCUT2D eigenvalue weighted by molar-refractivity contribution is 7.84. The van der Waals surface area contributed by atoms with Gasteiger partial charge in [0, 0.05) is 36.4 Å². The highest BCUT2D eigenvalue weighted by Crippen LogP contribution is 2.38. The number of aromatic hydroxyl groups is 1. The molecule has 45 heavy (non-hydrogen) atoms. The van der Waals surface area contributed by atoms with Crippen molar-refractivity contribution in [3.8, 4) is 28.9 Å². The SMILES string of the molecule is CCOC(=O)c1cnc(S(=O)c2ccc(Oc3c(F)cnc(Oc4cc(C(=N)N)ccc4O)c3F)c(C3=NCCN3C)c2)nc1. The molecule has 0 bridgehead atoms. The normalized spacial score (nSPS) is 13.2. The first kappa shape index (κ1) is 30.9. The van der Waals surface area contributed by atoms with Gasteiger partial charge in [0.2, 0.25) is 16.7 Å². The summed E-state index contributed by atoms with van der Waals surface area (Å²) in [6, 6.07) is 8.01. The van der Waals surface area contributed by atoms with Crippen LogP contribution in [-0.2, 0) is 15.5 Å². The summed E-state index contributed by atoms with van der Waals surface area (Å²) in [7, 11) is -0.159. The van der Waals surface area contributed by atoms with Crippen molar-refractivity contribution in [3.63, 3.8) is 0 Å². The lowest BCUT2D eigenvalue weighted by molar-refractivity contribution is 0.0525. The minimum atomic E-state index is -1.92. The Morgan fingerprint density at radius 1 is 1.07 bits per heavy atom. The Hall–Kier alpha value is -5.51. The zero-order valence-corrected chi connectivity index (χ0v) is 24.6. The standard InChI is InChI=1S/C29H25F2N7O6S/c1-3-42-28(40)16-12-36-29(37-13-16)45(41)17-5-7-21(18(11-17)26-34-8-9-38(26)2)43-24-19(30)14-35-27(23(24)31)44-22-10-15(25(32)33)4-6-20(22)39/h4-7,10-14,39H,3,8-9H2,1-2H3,(H3,32,33). The van der Waals surface area contributed by atoms with Crippen LogP contribution in [0.15, 0.2) is 70.0 Å². The van der Waals surface area contributed by atoms with Gasteiger partial charge in [-0.3, -0.25) is 10.4 Å². The molecule has 0 aliphatic carbocycles. The van der Waals surface area contributed by atoms with Crippen molar-refractivity contribution in [2.75, 3.05) is 26.7 Å². The van der Waals surface area contributed by atoms with Gasteiger partial charge in [-0.2, -0.15) is 4.39 Å². The van der Waals surface area contributed by atoms with Crippen LogP contribution in [-0.4, -0.2) is 73.6 Å². The molecule has 16 heteroatoms. The number of hydrogen-bond acceptors (Lipinski definition) is 12. The van der Waals surface area contributed by atoms with E-state index in [1.165, 1.54) is 48.8 Å². The maximum atomic E-state index is 15.6. The summed E-state index contributed by atoms with van der Waals surface area (Å²) in [6.07, 6.45) is 3.09. The van der Waals surface area contributed by atoms with E-state index in [-0.39, 0.29) is 50.7 Å². The molecule has 5 rings (SSSR count). The summed E-state index contributed by atoms with van der Waals surface area (Å²) in [5.41, 5.74) is 6.03. The molecule has 4 N–H and O–H groups in total. The summed E-state index contributed by atoms with van der Waals surface area (Å²) in [5.74, 6) is -5.30. The minimum Gasteiger partial charge on any atom is -0.504 e. The van der Waals surface area contributed by atoms with Crippen LogP contribution >= 0.6 is 0 Å². The van der Waals surface area contributed by atoms with Crippen LogP contribution < -0.4 is 15.2 Å². The number of esters is 1. The Balaban J connectivity index is 1.49. The van der Waals surface area contributed by atoms with Gasteiger partial charge in [-0.25, -0.2) is 28.3 Å². The number of ether oxygens (including phenoxy) is 3. The number of nitrogen functional groups attached to an aromatic ring is 1. The molecule has 0 radical (unpaired) electrons. The predicted octanol–water partition coefficient (Wildman–Crippen LogP) is 3.76. The highest BCUT2D eigenvalue weighted by Gasteiger charge is 2.26. The lowest BCUT2D eigenvalue weighted by Gasteiger charge is -2.19. The van der Waals surface area contributed by atoms with Crippen LogP contribution in [0, 0.1) is 17.0 Å². The van der Waals surface area contributed by atoms with Crippen molar-refractivity contribution < 1.29 is 37.1 Å². The van der Waals surface area contributed by atoms with Crippen LogP contribution in [0.4, 0.5) is 8.78 Å². The van der Waals surface area contributed by atoms with Gasteiger partial charge in [0.1, 0.15) is 28.2 Å². The van der Waals surface area contributed by atoms with E-state index >= 15 is 4.39 Å². The van der Waals surface area contributed by atoms with Crippen molar-refractivity contribution >= 4 is 28.4 Å². The van der Waals surface area contributed by atoms with E-state index in [1.807, 2.05) is 0 Å². The van der Waals surface area contributed by atoms with Crippen LogP contribution in [0.3, 0.4) is 0 Å². The lowest BCUT2D eigenvalue weighted by atomic mass is 10.1. The summed E-state index contributed by atoms with van der Waals surface area (Å²) >= 11 is 0. The number of phenols is 1. The highest BCUT2D eigenvalue weighted by atomic mass is 32.2. The predicted molar refractivity (Wildman–Crippen MR) is 157 cm³/mol. The number of pyridine rings is 1. The molecular formula is C29H25F2N7O6S.